The summed E-state index contributed by atoms with van der Waals surface area (Å²) in [7, 11) is 0. The Bertz CT molecular complexity index is 1390. The van der Waals surface area contributed by atoms with Crippen molar-refractivity contribution in [3.05, 3.63) is 93.0 Å². The minimum absolute atomic E-state index is 0.102. The number of anilines is 1. The van der Waals surface area contributed by atoms with E-state index in [4.69, 9.17) is 27.9 Å². The highest BCUT2D eigenvalue weighted by Gasteiger charge is 2.62. The molecule has 186 valence electrons. The first-order valence-electron chi connectivity index (χ1n) is 11.1. The lowest BCUT2D eigenvalue weighted by molar-refractivity contribution is -0.131. The molecule has 0 unspecified atom stereocenters. The van der Waals surface area contributed by atoms with E-state index in [9.17, 15) is 19.1 Å². The summed E-state index contributed by atoms with van der Waals surface area (Å²) in [6.07, 6.45) is -0.115. The Kier molecular flexibility index (Phi) is 6.36. The van der Waals surface area contributed by atoms with Gasteiger partial charge in [-0.2, -0.15) is 0 Å². The number of hydrogen-bond donors (Lipinski definition) is 3. The average molecular weight is 533 g/mol. The Morgan fingerprint density at radius 2 is 1.83 bits per heavy atom. The number of carbonyl (C=O) groups is 2. The van der Waals surface area contributed by atoms with E-state index in [0.717, 1.165) is 6.07 Å². The van der Waals surface area contributed by atoms with Gasteiger partial charge < -0.3 is 20.5 Å². The molecule has 1 saturated heterocycles. The van der Waals surface area contributed by atoms with Crippen LogP contribution in [0.2, 0.25) is 10.0 Å². The van der Waals surface area contributed by atoms with Crippen molar-refractivity contribution < 1.29 is 28.2 Å². The number of rotatable bonds is 5. The molecular formula is C26H20Cl2F2N2O4. The minimum atomic E-state index is -1.61. The summed E-state index contributed by atoms with van der Waals surface area (Å²) < 4.78 is 35.7. The molecule has 3 aromatic carbocycles. The molecule has 5 rings (SSSR count). The average Bonchev–Trinajstić information content (AvgIpc) is 3.12. The van der Waals surface area contributed by atoms with Crippen molar-refractivity contribution in [1.29, 1.82) is 0 Å². The molecule has 0 saturated carbocycles. The van der Waals surface area contributed by atoms with Crippen LogP contribution in [-0.2, 0) is 15.0 Å². The van der Waals surface area contributed by atoms with Crippen LogP contribution in [0.15, 0.2) is 54.6 Å². The van der Waals surface area contributed by atoms with Gasteiger partial charge in [0.15, 0.2) is 11.6 Å². The molecule has 0 aromatic heterocycles. The Hall–Kier alpha value is -3.20. The number of ether oxygens (including phenoxy) is 1. The van der Waals surface area contributed by atoms with Gasteiger partial charge in [0.25, 0.3) is 0 Å². The lowest BCUT2D eigenvalue weighted by Crippen LogP contribution is -2.57. The number of hydrogen-bond acceptors (Lipinski definition) is 4. The molecule has 2 amide bonds. The lowest BCUT2D eigenvalue weighted by Gasteiger charge is -2.46. The number of halogens is 4. The van der Waals surface area contributed by atoms with Crippen LogP contribution in [0.4, 0.5) is 14.5 Å². The van der Waals surface area contributed by atoms with E-state index in [2.05, 4.69) is 10.6 Å². The van der Waals surface area contributed by atoms with Gasteiger partial charge in [-0.15, -0.1) is 0 Å². The third-order valence-electron chi connectivity index (χ3n) is 6.73. The molecule has 2 aliphatic heterocycles. The van der Waals surface area contributed by atoms with E-state index in [0.29, 0.717) is 26.9 Å². The van der Waals surface area contributed by atoms with Crippen LogP contribution in [0.25, 0.3) is 0 Å². The van der Waals surface area contributed by atoms with Crippen LogP contribution in [0, 0.1) is 11.6 Å². The summed E-state index contributed by atoms with van der Waals surface area (Å²) in [4.78, 5) is 27.0. The van der Waals surface area contributed by atoms with Crippen molar-refractivity contribution in [2.24, 2.45) is 0 Å². The molecule has 0 bridgehead atoms. The molecule has 2 heterocycles. The third kappa shape index (κ3) is 3.80. The molecule has 1 fully saturated rings. The molecule has 2 aliphatic rings. The number of benzene rings is 3. The van der Waals surface area contributed by atoms with Gasteiger partial charge in [0, 0.05) is 28.1 Å². The number of fused-ring (bicyclic) bond motifs is 2. The maximum Gasteiger partial charge on any atom is 0.238 e. The van der Waals surface area contributed by atoms with Crippen LogP contribution >= 0.6 is 23.2 Å². The van der Waals surface area contributed by atoms with E-state index in [1.807, 2.05) is 0 Å². The Labute approximate surface area is 215 Å². The summed E-state index contributed by atoms with van der Waals surface area (Å²) in [6.45, 7) is -0.588. The topological polar surface area (TPSA) is 87.7 Å². The van der Waals surface area contributed by atoms with Crippen molar-refractivity contribution in [1.82, 2.24) is 5.32 Å². The largest absolute Gasteiger partial charge is 0.491 e. The number of amides is 2. The second-order valence-electron chi connectivity index (χ2n) is 8.67. The maximum atomic E-state index is 15.6. The van der Waals surface area contributed by atoms with Gasteiger partial charge in [0.1, 0.15) is 17.8 Å². The lowest BCUT2D eigenvalue weighted by atomic mass is 9.59. The van der Waals surface area contributed by atoms with E-state index in [-0.39, 0.29) is 30.9 Å². The van der Waals surface area contributed by atoms with Gasteiger partial charge in [-0.05, 0) is 47.5 Å². The van der Waals surface area contributed by atoms with Gasteiger partial charge in [0.2, 0.25) is 11.8 Å². The van der Waals surface area contributed by atoms with Gasteiger partial charge in [-0.1, -0.05) is 41.4 Å². The van der Waals surface area contributed by atoms with Gasteiger partial charge in [-0.25, -0.2) is 8.78 Å². The number of piperidine rings is 1. The first-order chi connectivity index (χ1) is 17.3. The third-order valence-corrected chi connectivity index (χ3v) is 7.20. The highest BCUT2D eigenvalue weighted by atomic mass is 35.5. The van der Waals surface area contributed by atoms with Gasteiger partial charge in [0.05, 0.1) is 18.2 Å². The second-order valence-corrected chi connectivity index (χ2v) is 9.54. The van der Waals surface area contributed by atoms with Crippen LogP contribution in [0.5, 0.6) is 5.75 Å². The first-order valence-corrected chi connectivity index (χ1v) is 11.9. The summed E-state index contributed by atoms with van der Waals surface area (Å²) in [5.41, 5.74) is -0.500. The zero-order chi connectivity index (χ0) is 25.6. The maximum absolute atomic E-state index is 15.6. The van der Waals surface area contributed by atoms with Gasteiger partial charge in [-0.3, -0.25) is 9.59 Å². The fourth-order valence-corrected chi connectivity index (χ4v) is 5.72. The quantitative estimate of drug-likeness (QED) is 0.437. The molecular weight excluding hydrogens is 513 g/mol. The zero-order valence-electron chi connectivity index (χ0n) is 18.7. The Balaban J connectivity index is 1.83. The van der Waals surface area contributed by atoms with Crippen molar-refractivity contribution in [2.45, 2.75) is 23.8 Å². The molecule has 3 N–H and O–H groups in total. The fourth-order valence-electron chi connectivity index (χ4n) is 5.35. The molecule has 3 aromatic rings. The summed E-state index contributed by atoms with van der Waals surface area (Å²) >= 11 is 12.4. The number of nitrogens with one attached hydrogen (secondary N) is 2. The van der Waals surface area contributed by atoms with Crippen molar-refractivity contribution in [3.63, 3.8) is 0 Å². The monoisotopic (exact) mass is 532 g/mol. The van der Waals surface area contributed by atoms with E-state index < -0.39 is 40.8 Å². The van der Waals surface area contributed by atoms with Gasteiger partial charge >= 0.3 is 0 Å². The van der Waals surface area contributed by atoms with E-state index in [1.54, 1.807) is 42.5 Å². The fraction of sp³-hybridized carbons (Fsp3) is 0.231. The minimum Gasteiger partial charge on any atom is -0.491 e. The Morgan fingerprint density at radius 1 is 1.06 bits per heavy atom. The molecule has 10 heteroatoms. The molecule has 1 spiro atoms. The summed E-state index contributed by atoms with van der Waals surface area (Å²) in [5, 5.41) is 15.6. The SMILES string of the molecule is O=C1C[C@@H](c2cccc(Cl)c2)[C@]2(C(=O)Nc3cc(Cl)ccc32)[C@@H](c2c(OCCO)ccc(F)c2F)N1. The predicted molar refractivity (Wildman–Crippen MR) is 130 cm³/mol. The molecule has 36 heavy (non-hydrogen) atoms. The summed E-state index contributed by atoms with van der Waals surface area (Å²) in [6, 6.07) is 12.3. The second kappa shape index (κ2) is 9.35. The van der Waals surface area contributed by atoms with Crippen molar-refractivity contribution in [3.8, 4) is 5.75 Å². The highest BCUT2D eigenvalue weighted by molar-refractivity contribution is 6.31. The normalized spacial score (nSPS) is 22.8. The smallest absolute Gasteiger partial charge is 0.238 e. The standard InChI is InChI=1S/C26H20Cl2F2N2O4/c27-14-3-1-2-13(10-14)17-12-21(34)32-24(22-20(36-9-8-33)7-6-18(29)23(22)30)26(17)16-5-4-15(28)11-19(16)31-25(26)35/h1-7,10-11,17,24,33H,8-9,12H2,(H,31,35)(H,32,34)/t17-,24+,26-/m0/s1. The first kappa shape index (κ1) is 24.5. The molecule has 6 nitrogen and oxygen atoms in total. The number of aliphatic hydroxyl groups is 1. The summed E-state index contributed by atoms with van der Waals surface area (Å²) in [5.74, 6) is -4.34. The van der Waals surface area contributed by atoms with Crippen LogP contribution in [0.1, 0.15) is 35.1 Å². The van der Waals surface area contributed by atoms with Crippen molar-refractivity contribution in [2.75, 3.05) is 18.5 Å². The molecule has 0 aliphatic carbocycles. The van der Waals surface area contributed by atoms with E-state index >= 15 is 4.39 Å². The zero-order valence-corrected chi connectivity index (χ0v) is 20.2. The number of carbonyl (C=O) groups excluding carboxylic acids is 2. The number of aliphatic hydroxyl groups excluding tert-OH is 1. The van der Waals surface area contributed by atoms with Crippen LogP contribution in [0.3, 0.4) is 0 Å². The van der Waals surface area contributed by atoms with Crippen molar-refractivity contribution >= 4 is 40.7 Å². The Morgan fingerprint density at radius 3 is 2.58 bits per heavy atom. The highest BCUT2D eigenvalue weighted by Crippen LogP contribution is 2.58. The van der Waals surface area contributed by atoms with E-state index in [1.165, 1.54) is 6.07 Å². The molecule has 3 atom stereocenters. The predicted octanol–water partition coefficient (Wildman–Crippen LogP) is 4.88. The molecule has 0 radical (unpaired) electrons. The van der Waals surface area contributed by atoms with Crippen LogP contribution in [-0.4, -0.2) is 30.1 Å². The van der Waals surface area contributed by atoms with Crippen LogP contribution < -0.4 is 15.4 Å².